The molecule has 0 spiro atoms. The van der Waals surface area contributed by atoms with Crippen molar-refractivity contribution in [1.29, 1.82) is 0 Å². The molecular weight excluding hydrogens is 245 g/mol. The van der Waals surface area contributed by atoms with Gasteiger partial charge in [0.15, 0.2) is 0 Å². The molecule has 0 saturated carbocycles. The average Bonchev–Trinajstić information content (AvgIpc) is 2.75. The SMILES string of the molecule is CCOC(=O)C1CCCc2c1[nH]c1cc(F)ccc21. The van der Waals surface area contributed by atoms with Gasteiger partial charge in [-0.1, -0.05) is 0 Å². The first kappa shape index (κ1) is 12.2. The van der Waals surface area contributed by atoms with E-state index >= 15 is 0 Å². The molecule has 2 aromatic rings. The zero-order valence-electron chi connectivity index (χ0n) is 10.8. The normalized spacial score (nSPS) is 18.3. The maximum absolute atomic E-state index is 13.3. The quantitative estimate of drug-likeness (QED) is 0.843. The Morgan fingerprint density at radius 2 is 2.37 bits per heavy atom. The molecule has 4 heteroatoms. The van der Waals surface area contributed by atoms with Crippen molar-refractivity contribution in [2.45, 2.75) is 32.1 Å². The first-order chi connectivity index (χ1) is 9.20. The van der Waals surface area contributed by atoms with E-state index in [1.54, 1.807) is 6.07 Å². The summed E-state index contributed by atoms with van der Waals surface area (Å²) in [7, 11) is 0. The first-order valence-electron chi connectivity index (χ1n) is 6.67. The average molecular weight is 261 g/mol. The highest BCUT2D eigenvalue weighted by molar-refractivity contribution is 5.88. The third-order valence-corrected chi connectivity index (χ3v) is 3.74. The molecule has 19 heavy (non-hydrogen) atoms. The smallest absolute Gasteiger partial charge is 0.314 e. The van der Waals surface area contributed by atoms with Crippen molar-refractivity contribution in [3.05, 3.63) is 35.3 Å². The standard InChI is InChI=1S/C15H16FNO2/c1-2-19-15(18)12-5-3-4-11-10-7-6-9(16)8-13(10)17-14(11)12/h6-8,12,17H,2-5H2,1H3. The van der Waals surface area contributed by atoms with Gasteiger partial charge in [0, 0.05) is 16.6 Å². The fourth-order valence-corrected chi connectivity index (χ4v) is 2.92. The Hall–Kier alpha value is -1.84. The van der Waals surface area contributed by atoms with Crippen LogP contribution < -0.4 is 0 Å². The number of ether oxygens (including phenoxy) is 1. The Morgan fingerprint density at radius 3 is 3.16 bits per heavy atom. The second-order valence-corrected chi connectivity index (χ2v) is 4.90. The maximum atomic E-state index is 13.3. The van der Waals surface area contributed by atoms with E-state index in [1.165, 1.54) is 12.1 Å². The van der Waals surface area contributed by atoms with Gasteiger partial charge in [-0.05, 0) is 49.9 Å². The predicted molar refractivity (Wildman–Crippen MR) is 70.6 cm³/mol. The summed E-state index contributed by atoms with van der Waals surface area (Å²) >= 11 is 0. The van der Waals surface area contributed by atoms with E-state index in [0.29, 0.717) is 6.61 Å². The highest BCUT2D eigenvalue weighted by Crippen LogP contribution is 2.36. The molecule has 0 bridgehead atoms. The number of hydrogen-bond acceptors (Lipinski definition) is 2. The van der Waals surface area contributed by atoms with Crippen LogP contribution in [0.4, 0.5) is 4.39 Å². The van der Waals surface area contributed by atoms with Crippen LogP contribution in [0, 0.1) is 5.82 Å². The van der Waals surface area contributed by atoms with E-state index in [0.717, 1.165) is 41.4 Å². The summed E-state index contributed by atoms with van der Waals surface area (Å²) in [5, 5.41) is 1.02. The minimum atomic E-state index is -0.265. The lowest BCUT2D eigenvalue weighted by molar-refractivity contribution is -0.145. The fourth-order valence-electron chi connectivity index (χ4n) is 2.92. The van der Waals surface area contributed by atoms with Gasteiger partial charge in [0.05, 0.1) is 12.5 Å². The molecule has 0 aliphatic heterocycles. The van der Waals surface area contributed by atoms with Crippen molar-refractivity contribution < 1.29 is 13.9 Å². The van der Waals surface area contributed by atoms with Crippen LogP contribution in [-0.4, -0.2) is 17.6 Å². The number of aromatic amines is 1. The molecule has 0 saturated heterocycles. The van der Waals surface area contributed by atoms with Crippen LogP contribution in [0.15, 0.2) is 18.2 Å². The lowest BCUT2D eigenvalue weighted by Crippen LogP contribution is -2.20. The Bertz CT molecular complexity index is 632. The van der Waals surface area contributed by atoms with Crippen LogP contribution in [0.1, 0.15) is 36.9 Å². The molecule has 1 aromatic heterocycles. The van der Waals surface area contributed by atoms with Gasteiger partial charge >= 0.3 is 5.97 Å². The number of benzene rings is 1. The van der Waals surface area contributed by atoms with E-state index in [4.69, 9.17) is 4.74 Å². The van der Waals surface area contributed by atoms with Gasteiger partial charge in [0.2, 0.25) is 0 Å². The molecule has 1 N–H and O–H groups in total. The van der Waals surface area contributed by atoms with Crippen molar-refractivity contribution in [2.24, 2.45) is 0 Å². The Labute approximate surface area is 110 Å². The lowest BCUT2D eigenvalue weighted by atomic mass is 9.87. The highest BCUT2D eigenvalue weighted by atomic mass is 19.1. The molecule has 1 aliphatic carbocycles. The number of halogens is 1. The first-order valence-corrected chi connectivity index (χ1v) is 6.67. The molecule has 3 rings (SSSR count). The van der Waals surface area contributed by atoms with E-state index < -0.39 is 0 Å². The van der Waals surface area contributed by atoms with Crippen molar-refractivity contribution in [1.82, 2.24) is 4.98 Å². The summed E-state index contributed by atoms with van der Waals surface area (Å²) in [5.41, 5.74) is 2.81. The number of nitrogens with one attached hydrogen (secondary N) is 1. The fraction of sp³-hybridized carbons (Fsp3) is 0.400. The number of carbonyl (C=O) groups excluding carboxylic acids is 1. The number of H-pyrrole nitrogens is 1. The van der Waals surface area contributed by atoms with Crippen molar-refractivity contribution in [2.75, 3.05) is 6.61 Å². The number of hydrogen-bond donors (Lipinski definition) is 1. The van der Waals surface area contributed by atoms with Crippen molar-refractivity contribution >= 4 is 16.9 Å². The zero-order chi connectivity index (χ0) is 13.4. The Balaban J connectivity index is 2.09. The van der Waals surface area contributed by atoms with Crippen LogP contribution in [0.25, 0.3) is 10.9 Å². The summed E-state index contributed by atoms with van der Waals surface area (Å²) in [6, 6.07) is 4.73. The van der Waals surface area contributed by atoms with Crippen LogP contribution in [0.2, 0.25) is 0 Å². The third-order valence-electron chi connectivity index (χ3n) is 3.74. The Morgan fingerprint density at radius 1 is 1.53 bits per heavy atom. The number of aryl methyl sites for hydroxylation is 1. The number of aromatic nitrogens is 1. The summed E-state index contributed by atoms with van der Waals surface area (Å²) in [6.45, 7) is 2.20. The molecule has 0 amide bonds. The van der Waals surface area contributed by atoms with Crippen molar-refractivity contribution in [3.8, 4) is 0 Å². The molecule has 3 nitrogen and oxygen atoms in total. The van der Waals surface area contributed by atoms with Gasteiger partial charge in [-0.2, -0.15) is 0 Å². The summed E-state index contributed by atoms with van der Waals surface area (Å²) in [4.78, 5) is 15.2. The minimum Gasteiger partial charge on any atom is -0.465 e. The summed E-state index contributed by atoms with van der Waals surface area (Å²) < 4.78 is 18.4. The van der Waals surface area contributed by atoms with Crippen LogP contribution in [0.3, 0.4) is 0 Å². The van der Waals surface area contributed by atoms with E-state index in [2.05, 4.69) is 4.98 Å². The minimum absolute atomic E-state index is 0.185. The molecule has 1 heterocycles. The molecule has 1 unspecified atom stereocenters. The maximum Gasteiger partial charge on any atom is 0.314 e. The molecule has 100 valence electrons. The van der Waals surface area contributed by atoms with Gasteiger partial charge in [-0.3, -0.25) is 4.79 Å². The number of esters is 1. The van der Waals surface area contributed by atoms with Gasteiger partial charge in [0.25, 0.3) is 0 Å². The Kier molecular flexibility index (Phi) is 3.01. The van der Waals surface area contributed by atoms with Crippen molar-refractivity contribution in [3.63, 3.8) is 0 Å². The largest absolute Gasteiger partial charge is 0.465 e. The lowest BCUT2D eigenvalue weighted by Gasteiger charge is -2.20. The number of carbonyl (C=O) groups is 1. The van der Waals surface area contributed by atoms with Gasteiger partial charge in [0.1, 0.15) is 5.82 Å². The highest BCUT2D eigenvalue weighted by Gasteiger charge is 2.30. The van der Waals surface area contributed by atoms with Gasteiger partial charge in [-0.15, -0.1) is 0 Å². The molecule has 0 radical (unpaired) electrons. The van der Waals surface area contributed by atoms with Gasteiger partial charge in [-0.25, -0.2) is 4.39 Å². The summed E-state index contributed by atoms with van der Waals surface area (Å²) in [5.74, 6) is -0.687. The molecule has 1 aromatic carbocycles. The van der Waals surface area contributed by atoms with Crippen LogP contribution in [-0.2, 0) is 16.0 Å². The molecular formula is C15H16FNO2. The van der Waals surface area contributed by atoms with Crippen LogP contribution in [0.5, 0.6) is 0 Å². The zero-order valence-corrected chi connectivity index (χ0v) is 10.8. The molecule has 0 fully saturated rings. The molecule has 1 atom stereocenters. The van der Waals surface area contributed by atoms with E-state index in [9.17, 15) is 9.18 Å². The monoisotopic (exact) mass is 261 g/mol. The summed E-state index contributed by atoms with van der Waals surface area (Å²) in [6.07, 6.45) is 2.68. The topological polar surface area (TPSA) is 42.1 Å². The van der Waals surface area contributed by atoms with E-state index in [-0.39, 0.29) is 17.7 Å². The third kappa shape index (κ3) is 2.01. The van der Waals surface area contributed by atoms with E-state index in [1.807, 2.05) is 6.92 Å². The second-order valence-electron chi connectivity index (χ2n) is 4.90. The second kappa shape index (κ2) is 4.68. The van der Waals surface area contributed by atoms with Crippen LogP contribution >= 0.6 is 0 Å². The molecule has 1 aliphatic rings. The van der Waals surface area contributed by atoms with Gasteiger partial charge < -0.3 is 9.72 Å². The predicted octanol–water partition coefficient (Wildman–Crippen LogP) is 3.29. The number of rotatable bonds is 2. The number of fused-ring (bicyclic) bond motifs is 3.